The van der Waals surface area contributed by atoms with Gasteiger partial charge in [0, 0.05) is 57.0 Å². The molecule has 0 spiro atoms. The fourth-order valence-electron chi connectivity index (χ4n) is 3.37. The molecule has 3 rings (SSSR count). The molecule has 6 heteroatoms. The van der Waals surface area contributed by atoms with E-state index in [4.69, 9.17) is 4.74 Å². The summed E-state index contributed by atoms with van der Waals surface area (Å²) in [5.41, 5.74) is 1.07. The highest BCUT2D eigenvalue weighted by atomic mass is 32.2. The van der Waals surface area contributed by atoms with Crippen molar-refractivity contribution in [2.45, 2.75) is 17.9 Å². The molecule has 1 saturated heterocycles. The van der Waals surface area contributed by atoms with Gasteiger partial charge >= 0.3 is 0 Å². The Kier molecular flexibility index (Phi) is 6.16. The van der Waals surface area contributed by atoms with Gasteiger partial charge in [-0.15, -0.1) is 11.8 Å². The fourth-order valence-corrected chi connectivity index (χ4v) is 4.37. The monoisotopic (exact) mass is 349 g/mol. The van der Waals surface area contributed by atoms with Crippen molar-refractivity contribution in [1.82, 2.24) is 9.80 Å². The number of nitrogens with zero attached hydrogens (tertiary/aromatic N) is 3. The maximum absolute atomic E-state index is 13.1. The Bertz CT molecular complexity index is 561. The van der Waals surface area contributed by atoms with Crippen LogP contribution in [0, 0.1) is 0 Å². The van der Waals surface area contributed by atoms with E-state index in [1.165, 1.54) is 4.90 Å². The van der Waals surface area contributed by atoms with Gasteiger partial charge in [-0.2, -0.15) is 0 Å². The molecule has 0 radical (unpaired) electrons. The molecule has 5 nitrogen and oxygen atoms in total. The van der Waals surface area contributed by atoms with Crippen LogP contribution in [0.2, 0.25) is 0 Å². The van der Waals surface area contributed by atoms with Gasteiger partial charge in [0.15, 0.2) is 0 Å². The predicted octanol–water partition coefficient (Wildman–Crippen LogP) is 1.78. The van der Waals surface area contributed by atoms with Gasteiger partial charge in [0.05, 0.1) is 18.3 Å². The molecule has 1 aromatic carbocycles. The lowest BCUT2D eigenvalue weighted by Crippen LogP contribution is -2.55. The molecule has 0 aliphatic carbocycles. The lowest BCUT2D eigenvalue weighted by atomic mass is 10.1. The van der Waals surface area contributed by atoms with E-state index in [0.29, 0.717) is 0 Å². The largest absolute Gasteiger partial charge is 0.383 e. The number of fused-ring (bicyclic) bond motifs is 1. The smallest absolute Gasteiger partial charge is 0.244 e. The Balaban J connectivity index is 1.60. The topological polar surface area (TPSA) is 36.0 Å². The van der Waals surface area contributed by atoms with Crippen molar-refractivity contribution < 1.29 is 9.53 Å². The van der Waals surface area contributed by atoms with Gasteiger partial charge in [-0.25, -0.2) is 0 Å². The van der Waals surface area contributed by atoms with E-state index in [9.17, 15) is 4.79 Å². The number of carbonyl (C=O) groups is 1. The van der Waals surface area contributed by atoms with E-state index in [0.717, 1.165) is 57.3 Å². The van der Waals surface area contributed by atoms with Crippen molar-refractivity contribution in [2.75, 3.05) is 63.6 Å². The number of benzene rings is 1. The van der Waals surface area contributed by atoms with Crippen molar-refractivity contribution >= 4 is 23.4 Å². The Morgan fingerprint density at radius 2 is 1.96 bits per heavy atom. The quantitative estimate of drug-likeness (QED) is 0.810. The highest BCUT2D eigenvalue weighted by molar-refractivity contribution is 7.99. The highest BCUT2D eigenvalue weighted by Crippen LogP contribution is 2.34. The lowest BCUT2D eigenvalue weighted by molar-refractivity contribution is -0.124. The van der Waals surface area contributed by atoms with Crippen LogP contribution in [-0.4, -0.2) is 80.5 Å². The van der Waals surface area contributed by atoms with E-state index in [1.54, 1.807) is 7.11 Å². The third-order valence-corrected chi connectivity index (χ3v) is 5.96. The summed E-state index contributed by atoms with van der Waals surface area (Å²) in [4.78, 5) is 21.0. The van der Waals surface area contributed by atoms with Crippen molar-refractivity contribution in [3.63, 3.8) is 0 Å². The molecule has 2 aliphatic rings. The zero-order chi connectivity index (χ0) is 16.9. The summed E-state index contributed by atoms with van der Waals surface area (Å²) in [5.74, 6) is 1.20. The molecule has 2 aliphatic heterocycles. The molecular formula is C18H27N3O2S. The van der Waals surface area contributed by atoms with Gasteiger partial charge in [0.1, 0.15) is 0 Å². The number of para-hydroxylation sites is 1. The Hall–Kier alpha value is -1.08. The molecule has 1 aromatic rings. The summed E-state index contributed by atoms with van der Waals surface area (Å²) >= 11 is 1.84. The normalized spacial score (nSPS) is 20.7. The minimum Gasteiger partial charge on any atom is -0.383 e. The summed E-state index contributed by atoms with van der Waals surface area (Å²) in [5, 5.41) is 0. The average Bonchev–Trinajstić information content (AvgIpc) is 2.65. The zero-order valence-corrected chi connectivity index (χ0v) is 15.4. The SMILES string of the molecule is COCCN1CCN([C@@H](C)C(=O)N2CCSc3ccccc32)CC1. The second kappa shape index (κ2) is 8.34. The predicted molar refractivity (Wildman–Crippen MR) is 98.9 cm³/mol. The van der Waals surface area contributed by atoms with E-state index < -0.39 is 0 Å². The minimum absolute atomic E-state index is 0.0641. The number of hydrogen-bond donors (Lipinski definition) is 0. The zero-order valence-electron chi connectivity index (χ0n) is 14.6. The fraction of sp³-hybridized carbons (Fsp3) is 0.611. The van der Waals surface area contributed by atoms with Crippen LogP contribution in [-0.2, 0) is 9.53 Å². The molecule has 132 valence electrons. The molecular weight excluding hydrogens is 322 g/mol. The van der Waals surface area contributed by atoms with Crippen molar-refractivity contribution in [1.29, 1.82) is 0 Å². The molecule has 2 heterocycles. The summed E-state index contributed by atoms with van der Waals surface area (Å²) in [6.45, 7) is 8.51. The molecule has 24 heavy (non-hydrogen) atoms. The highest BCUT2D eigenvalue weighted by Gasteiger charge is 2.31. The van der Waals surface area contributed by atoms with Crippen LogP contribution in [0.15, 0.2) is 29.2 Å². The van der Waals surface area contributed by atoms with Crippen LogP contribution in [0.5, 0.6) is 0 Å². The number of ether oxygens (including phenoxy) is 1. The lowest BCUT2D eigenvalue weighted by Gasteiger charge is -2.39. The molecule has 0 bridgehead atoms. The number of carbonyl (C=O) groups excluding carboxylic acids is 1. The van der Waals surface area contributed by atoms with Crippen LogP contribution < -0.4 is 4.90 Å². The molecule has 1 atom stereocenters. The van der Waals surface area contributed by atoms with E-state index in [-0.39, 0.29) is 11.9 Å². The minimum atomic E-state index is -0.0641. The first-order valence-corrected chi connectivity index (χ1v) is 9.68. The van der Waals surface area contributed by atoms with E-state index in [2.05, 4.69) is 28.9 Å². The first-order chi connectivity index (χ1) is 11.7. The summed E-state index contributed by atoms with van der Waals surface area (Å²) < 4.78 is 5.15. The maximum Gasteiger partial charge on any atom is 0.244 e. The molecule has 0 N–H and O–H groups in total. The van der Waals surface area contributed by atoms with Crippen LogP contribution in [0.25, 0.3) is 0 Å². The van der Waals surface area contributed by atoms with Crippen LogP contribution in [0.1, 0.15) is 6.92 Å². The number of amides is 1. The van der Waals surface area contributed by atoms with Crippen LogP contribution in [0.4, 0.5) is 5.69 Å². The van der Waals surface area contributed by atoms with Gasteiger partial charge in [-0.1, -0.05) is 12.1 Å². The Labute approximate surface area is 148 Å². The van der Waals surface area contributed by atoms with Crippen LogP contribution >= 0.6 is 11.8 Å². The third kappa shape index (κ3) is 3.94. The second-order valence-electron chi connectivity index (χ2n) is 6.35. The molecule has 1 fully saturated rings. The third-order valence-electron chi connectivity index (χ3n) is 4.92. The number of thioether (sulfide) groups is 1. The van der Waals surface area contributed by atoms with E-state index in [1.807, 2.05) is 28.8 Å². The number of anilines is 1. The first-order valence-electron chi connectivity index (χ1n) is 8.69. The Morgan fingerprint density at radius 3 is 2.71 bits per heavy atom. The van der Waals surface area contributed by atoms with Gasteiger partial charge in [0.2, 0.25) is 5.91 Å². The van der Waals surface area contributed by atoms with Gasteiger partial charge < -0.3 is 9.64 Å². The van der Waals surface area contributed by atoms with Gasteiger partial charge in [-0.05, 0) is 19.1 Å². The first kappa shape index (κ1) is 17.7. The van der Waals surface area contributed by atoms with E-state index >= 15 is 0 Å². The molecule has 0 saturated carbocycles. The number of hydrogen-bond acceptors (Lipinski definition) is 5. The molecule has 0 aromatic heterocycles. The van der Waals surface area contributed by atoms with Crippen molar-refractivity contribution in [3.8, 4) is 0 Å². The molecule has 1 amide bonds. The summed E-state index contributed by atoms with van der Waals surface area (Å²) in [6.07, 6.45) is 0. The summed E-state index contributed by atoms with van der Waals surface area (Å²) in [6, 6.07) is 8.17. The number of piperazine rings is 1. The number of methoxy groups -OCH3 is 1. The van der Waals surface area contributed by atoms with Crippen molar-refractivity contribution in [2.24, 2.45) is 0 Å². The average molecular weight is 350 g/mol. The maximum atomic E-state index is 13.1. The van der Waals surface area contributed by atoms with Gasteiger partial charge in [0.25, 0.3) is 0 Å². The van der Waals surface area contributed by atoms with Crippen LogP contribution in [0.3, 0.4) is 0 Å². The molecule has 0 unspecified atom stereocenters. The standard InChI is InChI=1S/C18H27N3O2S/c1-15(20-9-7-19(8-10-20)11-13-23-2)18(22)21-12-14-24-17-6-4-3-5-16(17)21/h3-6,15H,7-14H2,1-2H3/t15-/m0/s1. The second-order valence-corrected chi connectivity index (χ2v) is 7.49. The Morgan fingerprint density at radius 1 is 1.21 bits per heavy atom. The summed E-state index contributed by atoms with van der Waals surface area (Å²) in [7, 11) is 1.74. The van der Waals surface area contributed by atoms with Gasteiger partial charge in [-0.3, -0.25) is 14.6 Å². The number of rotatable bonds is 5. The van der Waals surface area contributed by atoms with Crippen molar-refractivity contribution in [3.05, 3.63) is 24.3 Å².